The predicted octanol–water partition coefficient (Wildman–Crippen LogP) is 4.38. The summed E-state index contributed by atoms with van der Waals surface area (Å²) in [5.41, 5.74) is 5.46. The highest BCUT2D eigenvalue weighted by atomic mass is 35.5. The highest BCUT2D eigenvalue weighted by Crippen LogP contribution is 2.25. The molecule has 120 valence electrons. The van der Waals surface area contributed by atoms with Crippen LogP contribution in [0.25, 0.3) is 0 Å². The lowest BCUT2D eigenvalue weighted by atomic mass is 10.2. The summed E-state index contributed by atoms with van der Waals surface area (Å²) in [6.45, 7) is 0. The quantitative estimate of drug-likeness (QED) is 0.478. The third-order valence-corrected chi connectivity index (χ3v) is 3.72. The zero-order valence-electron chi connectivity index (χ0n) is 12.7. The van der Waals surface area contributed by atoms with Crippen molar-refractivity contribution in [3.8, 4) is 0 Å². The van der Waals surface area contributed by atoms with E-state index in [4.69, 9.17) is 35.4 Å². The average molecular weight is 367 g/mol. The molecule has 2 N–H and O–H groups in total. The number of nitrogens with zero attached hydrogens (tertiary/aromatic N) is 2. The summed E-state index contributed by atoms with van der Waals surface area (Å²) in [6, 6.07) is 13.1. The van der Waals surface area contributed by atoms with Crippen molar-refractivity contribution in [2.45, 2.75) is 0 Å². The minimum Gasteiger partial charge on any atom is -0.378 e. The van der Waals surface area contributed by atoms with E-state index >= 15 is 0 Å². The molecule has 0 fully saturated rings. The van der Waals surface area contributed by atoms with Gasteiger partial charge in [0.2, 0.25) is 0 Å². The van der Waals surface area contributed by atoms with Crippen molar-refractivity contribution in [1.82, 2.24) is 5.43 Å². The Kier molecular flexibility index (Phi) is 6.21. The van der Waals surface area contributed by atoms with Crippen molar-refractivity contribution in [2.24, 2.45) is 5.10 Å². The molecule has 0 saturated heterocycles. The maximum atomic E-state index is 6.06. The Morgan fingerprint density at radius 1 is 1.13 bits per heavy atom. The molecule has 23 heavy (non-hydrogen) atoms. The van der Waals surface area contributed by atoms with Crippen molar-refractivity contribution >= 4 is 58.1 Å². The Balaban J connectivity index is 1.92. The van der Waals surface area contributed by atoms with Crippen LogP contribution in [-0.4, -0.2) is 25.4 Å². The predicted molar refractivity (Wildman–Crippen MR) is 104 cm³/mol. The molecule has 0 unspecified atom stereocenters. The van der Waals surface area contributed by atoms with Gasteiger partial charge in [-0.05, 0) is 48.1 Å². The van der Waals surface area contributed by atoms with E-state index in [2.05, 4.69) is 15.8 Å². The van der Waals surface area contributed by atoms with E-state index in [1.54, 1.807) is 24.4 Å². The molecule has 0 heterocycles. The molecule has 0 atom stereocenters. The molecule has 0 radical (unpaired) electrons. The van der Waals surface area contributed by atoms with Crippen LogP contribution in [0.5, 0.6) is 0 Å². The third-order valence-electron chi connectivity index (χ3n) is 2.97. The van der Waals surface area contributed by atoms with Crippen molar-refractivity contribution < 1.29 is 0 Å². The molecule has 2 aromatic rings. The smallest absolute Gasteiger partial charge is 0.191 e. The van der Waals surface area contributed by atoms with Gasteiger partial charge >= 0.3 is 0 Å². The van der Waals surface area contributed by atoms with Gasteiger partial charge in [0.25, 0.3) is 0 Å². The Morgan fingerprint density at radius 2 is 1.83 bits per heavy atom. The number of thiocarbonyl (C=S) groups is 1. The summed E-state index contributed by atoms with van der Waals surface area (Å²) in [4.78, 5) is 2.03. The second-order valence-electron chi connectivity index (χ2n) is 4.93. The van der Waals surface area contributed by atoms with Gasteiger partial charge in [0, 0.05) is 24.8 Å². The van der Waals surface area contributed by atoms with Crippen molar-refractivity contribution in [3.05, 3.63) is 58.1 Å². The SMILES string of the molecule is CN(C)c1ccc(C=NNC(=S)Nc2cc(Cl)ccc2Cl)cc1. The maximum Gasteiger partial charge on any atom is 0.191 e. The fourth-order valence-electron chi connectivity index (χ4n) is 1.77. The van der Waals surface area contributed by atoms with E-state index in [9.17, 15) is 0 Å². The first-order valence-corrected chi connectivity index (χ1v) is 7.94. The molecule has 2 aromatic carbocycles. The first-order chi connectivity index (χ1) is 11.0. The monoisotopic (exact) mass is 366 g/mol. The molecule has 0 amide bonds. The van der Waals surface area contributed by atoms with Crippen LogP contribution in [0.1, 0.15) is 5.56 Å². The van der Waals surface area contributed by atoms with Crippen LogP contribution < -0.4 is 15.6 Å². The molecule has 7 heteroatoms. The van der Waals surface area contributed by atoms with Crippen molar-refractivity contribution in [2.75, 3.05) is 24.3 Å². The lowest BCUT2D eigenvalue weighted by Gasteiger charge is -2.11. The second kappa shape index (κ2) is 8.15. The van der Waals surface area contributed by atoms with Gasteiger partial charge in [-0.1, -0.05) is 35.3 Å². The van der Waals surface area contributed by atoms with Crippen molar-refractivity contribution in [3.63, 3.8) is 0 Å². The summed E-state index contributed by atoms with van der Waals surface area (Å²) in [5, 5.41) is 8.47. The molecular formula is C16H16Cl2N4S. The molecule has 2 rings (SSSR count). The molecule has 0 bridgehead atoms. The lowest BCUT2D eigenvalue weighted by Crippen LogP contribution is -2.24. The van der Waals surface area contributed by atoms with Crippen LogP contribution in [0.15, 0.2) is 47.6 Å². The average Bonchev–Trinajstić information content (AvgIpc) is 2.51. The standard InChI is InChI=1S/C16H16Cl2N4S/c1-22(2)13-6-3-11(4-7-13)10-19-21-16(23)20-15-9-12(17)5-8-14(15)18/h3-10H,1-2H3,(H2,20,21,23). The number of rotatable bonds is 4. The maximum absolute atomic E-state index is 6.06. The van der Waals surface area contributed by atoms with Gasteiger partial charge in [-0.25, -0.2) is 0 Å². The van der Waals surface area contributed by atoms with Crippen molar-refractivity contribution in [1.29, 1.82) is 0 Å². The van der Waals surface area contributed by atoms with Gasteiger partial charge in [0.05, 0.1) is 16.9 Å². The fraction of sp³-hybridized carbons (Fsp3) is 0.125. The van der Waals surface area contributed by atoms with Gasteiger partial charge in [-0.3, -0.25) is 5.43 Å². The molecule has 0 aliphatic rings. The Hall–Kier alpha value is -1.82. The summed E-state index contributed by atoms with van der Waals surface area (Å²) in [6.07, 6.45) is 1.69. The van der Waals surface area contributed by atoms with Crippen LogP contribution in [0, 0.1) is 0 Å². The van der Waals surface area contributed by atoms with E-state index < -0.39 is 0 Å². The zero-order valence-corrected chi connectivity index (χ0v) is 15.0. The van der Waals surface area contributed by atoms with E-state index in [1.807, 2.05) is 43.3 Å². The van der Waals surface area contributed by atoms with E-state index in [1.165, 1.54) is 0 Å². The summed E-state index contributed by atoms with van der Waals surface area (Å²) in [5.74, 6) is 0. The topological polar surface area (TPSA) is 39.7 Å². The van der Waals surface area contributed by atoms with Gasteiger partial charge in [-0.2, -0.15) is 5.10 Å². The van der Waals surface area contributed by atoms with Crippen LogP contribution >= 0.6 is 35.4 Å². The van der Waals surface area contributed by atoms with Gasteiger partial charge in [0.15, 0.2) is 5.11 Å². The van der Waals surface area contributed by atoms with E-state index in [0.717, 1.165) is 11.3 Å². The highest BCUT2D eigenvalue weighted by Gasteiger charge is 2.03. The number of benzene rings is 2. The first kappa shape index (κ1) is 17.5. The summed E-state index contributed by atoms with van der Waals surface area (Å²) < 4.78 is 0. The van der Waals surface area contributed by atoms with Gasteiger partial charge in [-0.15, -0.1) is 0 Å². The zero-order chi connectivity index (χ0) is 16.8. The molecule has 4 nitrogen and oxygen atoms in total. The molecule has 0 aliphatic carbocycles. The number of hydrogen-bond acceptors (Lipinski definition) is 3. The van der Waals surface area contributed by atoms with E-state index in [-0.39, 0.29) is 0 Å². The Labute approximate surface area is 151 Å². The number of hydrogen-bond donors (Lipinski definition) is 2. The summed E-state index contributed by atoms with van der Waals surface area (Å²) in [7, 11) is 3.99. The van der Waals surface area contributed by atoms with Crippen LogP contribution in [0.3, 0.4) is 0 Å². The van der Waals surface area contributed by atoms with Crippen LogP contribution in [0.4, 0.5) is 11.4 Å². The fourth-order valence-corrected chi connectivity index (χ4v) is 2.27. The lowest BCUT2D eigenvalue weighted by molar-refractivity contribution is 1.05. The van der Waals surface area contributed by atoms with Crippen LogP contribution in [-0.2, 0) is 0 Å². The largest absolute Gasteiger partial charge is 0.378 e. The van der Waals surface area contributed by atoms with Gasteiger partial charge < -0.3 is 10.2 Å². The van der Waals surface area contributed by atoms with Crippen LogP contribution in [0.2, 0.25) is 10.0 Å². The Bertz CT molecular complexity index is 715. The third kappa shape index (κ3) is 5.39. The minimum atomic E-state index is 0.329. The molecule has 0 spiro atoms. The number of halogens is 2. The highest BCUT2D eigenvalue weighted by molar-refractivity contribution is 7.80. The molecular weight excluding hydrogens is 351 g/mol. The molecule has 0 aliphatic heterocycles. The first-order valence-electron chi connectivity index (χ1n) is 6.78. The molecule has 0 aromatic heterocycles. The number of hydrazone groups is 1. The molecule has 0 saturated carbocycles. The summed E-state index contributed by atoms with van der Waals surface area (Å²) >= 11 is 17.1. The van der Waals surface area contributed by atoms with E-state index in [0.29, 0.717) is 20.8 Å². The number of nitrogens with one attached hydrogen (secondary N) is 2. The second-order valence-corrected chi connectivity index (χ2v) is 6.19. The van der Waals surface area contributed by atoms with Gasteiger partial charge in [0.1, 0.15) is 0 Å². The number of anilines is 2. The Morgan fingerprint density at radius 3 is 2.48 bits per heavy atom. The normalized spacial score (nSPS) is 10.6. The minimum absolute atomic E-state index is 0.329.